The maximum atomic E-state index is 12.1. The molecule has 0 aliphatic heterocycles. The van der Waals surface area contributed by atoms with Gasteiger partial charge < -0.3 is 5.11 Å². The van der Waals surface area contributed by atoms with Gasteiger partial charge in [0, 0.05) is 17.1 Å². The second-order valence-corrected chi connectivity index (χ2v) is 6.82. The Morgan fingerprint density at radius 2 is 2.19 bits per heavy atom. The summed E-state index contributed by atoms with van der Waals surface area (Å²) in [5.41, 5.74) is 0.123. The second-order valence-electron chi connectivity index (χ2n) is 4.11. The number of nitrogens with one attached hydrogen (secondary N) is 1. The molecule has 0 bridgehead atoms. The van der Waals surface area contributed by atoms with E-state index in [2.05, 4.69) is 9.71 Å². The quantitative estimate of drug-likeness (QED) is 0.633. The number of sulfonamides is 1. The SMILES string of the molecule is Cc1csc(CNS(=O)(=O)c2ccc(O)c([N+](=O)[O-])c2)n1. The summed E-state index contributed by atoms with van der Waals surface area (Å²) in [5, 5.41) is 22.4. The summed E-state index contributed by atoms with van der Waals surface area (Å²) in [6, 6.07) is 2.88. The summed E-state index contributed by atoms with van der Waals surface area (Å²) in [6.07, 6.45) is 0. The van der Waals surface area contributed by atoms with Gasteiger partial charge in [-0.25, -0.2) is 18.1 Å². The van der Waals surface area contributed by atoms with Crippen molar-refractivity contribution in [2.45, 2.75) is 18.4 Å². The zero-order valence-electron chi connectivity index (χ0n) is 10.8. The first-order valence-electron chi connectivity index (χ1n) is 5.67. The molecule has 112 valence electrons. The first-order valence-corrected chi connectivity index (χ1v) is 8.04. The molecular formula is C11H11N3O5S2. The summed E-state index contributed by atoms with van der Waals surface area (Å²) in [7, 11) is -3.92. The van der Waals surface area contributed by atoms with Crippen LogP contribution in [-0.4, -0.2) is 23.4 Å². The van der Waals surface area contributed by atoms with E-state index in [4.69, 9.17) is 0 Å². The summed E-state index contributed by atoms with van der Waals surface area (Å²) in [6.45, 7) is 1.79. The highest BCUT2D eigenvalue weighted by atomic mass is 32.2. The van der Waals surface area contributed by atoms with Crippen molar-refractivity contribution in [3.05, 3.63) is 44.4 Å². The highest BCUT2D eigenvalue weighted by Gasteiger charge is 2.21. The minimum atomic E-state index is -3.92. The van der Waals surface area contributed by atoms with Crippen LogP contribution in [0.1, 0.15) is 10.7 Å². The van der Waals surface area contributed by atoms with E-state index < -0.39 is 26.4 Å². The van der Waals surface area contributed by atoms with E-state index in [1.165, 1.54) is 11.3 Å². The number of aromatic hydroxyl groups is 1. The Kier molecular flexibility index (Phi) is 4.21. The summed E-state index contributed by atoms with van der Waals surface area (Å²) >= 11 is 1.31. The number of aromatic nitrogens is 1. The number of phenolic OH excluding ortho intramolecular Hbond substituents is 1. The van der Waals surface area contributed by atoms with Crippen LogP contribution in [0.3, 0.4) is 0 Å². The molecule has 0 radical (unpaired) electrons. The smallest absolute Gasteiger partial charge is 0.312 e. The van der Waals surface area contributed by atoms with Gasteiger partial charge in [0.15, 0.2) is 5.75 Å². The molecule has 1 heterocycles. The average molecular weight is 329 g/mol. The van der Waals surface area contributed by atoms with Gasteiger partial charge in [-0.2, -0.15) is 0 Å². The lowest BCUT2D eigenvalue weighted by molar-refractivity contribution is -0.386. The van der Waals surface area contributed by atoms with E-state index in [9.17, 15) is 23.6 Å². The largest absolute Gasteiger partial charge is 0.502 e. The van der Waals surface area contributed by atoms with Crippen LogP contribution in [0.5, 0.6) is 5.75 Å². The van der Waals surface area contributed by atoms with Gasteiger partial charge in [-0.15, -0.1) is 11.3 Å². The molecule has 0 aliphatic carbocycles. The van der Waals surface area contributed by atoms with Crippen LogP contribution in [0.2, 0.25) is 0 Å². The van der Waals surface area contributed by atoms with Crippen molar-refractivity contribution >= 4 is 27.0 Å². The van der Waals surface area contributed by atoms with Crippen LogP contribution in [0, 0.1) is 17.0 Å². The van der Waals surface area contributed by atoms with Crippen molar-refractivity contribution in [2.75, 3.05) is 0 Å². The molecule has 10 heteroatoms. The number of benzene rings is 1. The topological polar surface area (TPSA) is 122 Å². The third-order valence-electron chi connectivity index (χ3n) is 2.53. The summed E-state index contributed by atoms with van der Waals surface area (Å²) < 4.78 is 26.4. The molecule has 0 atom stereocenters. The minimum Gasteiger partial charge on any atom is -0.502 e. The molecule has 8 nitrogen and oxygen atoms in total. The monoisotopic (exact) mass is 329 g/mol. The van der Waals surface area contributed by atoms with Crippen LogP contribution < -0.4 is 4.72 Å². The molecule has 2 N–H and O–H groups in total. The molecular weight excluding hydrogens is 318 g/mol. The van der Waals surface area contributed by atoms with Crippen molar-refractivity contribution in [3.63, 3.8) is 0 Å². The normalized spacial score (nSPS) is 11.5. The van der Waals surface area contributed by atoms with Crippen LogP contribution in [0.4, 0.5) is 5.69 Å². The van der Waals surface area contributed by atoms with Gasteiger partial charge in [-0.3, -0.25) is 10.1 Å². The molecule has 0 saturated heterocycles. The molecule has 21 heavy (non-hydrogen) atoms. The Hall–Kier alpha value is -2.04. The van der Waals surface area contributed by atoms with E-state index in [1.807, 2.05) is 0 Å². The number of thiazole rings is 1. The fourth-order valence-electron chi connectivity index (χ4n) is 1.54. The Labute approximate surface area is 124 Å². The summed E-state index contributed by atoms with van der Waals surface area (Å²) in [4.78, 5) is 13.7. The molecule has 0 spiro atoms. The molecule has 0 fully saturated rings. The minimum absolute atomic E-state index is 0.00445. The van der Waals surface area contributed by atoms with Crippen LogP contribution in [0.25, 0.3) is 0 Å². The van der Waals surface area contributed by atoms with Crippen molar-refractivity contribution < 1.29 is 18.4 Å². The highest BCUT2D eigenvalue weighted by Crippen LogP contribution is 2.28. The molecule has 0 aliphatic rings. The molecule has 2 rings (SSSR count). The Balaban J connectivity index is 2.23. The fraction of sp³-hybridized carbons (Fsp3) is 0.182. The van der Waals surface area contributed by atoms with E-state index >= 15 is 0 Å². The average Bonchev–Trinajstić information content (AvgIpc) is 2.82. The molecule has 1 aromatic heterocycles. The molecule has 0 amide bonds. The van der Waals surface area contributed by atoms with E-state index in [-0.39, 0.29) is 11.4 Å². The predicted molar refractivity (Wildman–Crippen MR) is 75.6 cm³/mol. The van der Waals surface area contributed by atoms with E-state index in [1.54, 1.807) is 12.3 Å². The first kappa shape index (κ1) is 15.4. The van der Waals surface area contributed by atoms with Crippen molar-refractivity contribution in [1.82, 2.24) is 9.71 Å². The van der Waals surface area contributed by atoms with Gasteiger partial charge in [0.1, 0.15) is 5.01 Å². The predicted octanol–water partition coefficient (Wildman–Crippen LogP) is 1.54. The Bertz CT molecular complexity index is 785. The van der Waals surface area contributed by atoms with Crippen LogP contribution >= 0.6 is 11.3 Å². The highest BCUT2D eigenvalue weighted by molar-refractivity contribution is 7.89. The number of hydrogen-bond acceptors (Lipinski definition) is 7. The van der Waals surface area contributed by atoms with Gasteiger partial charge in [0.2, 0.25) is 10.0 Å². The lowest BCUT2D eigenvalue weighted by Gasteiger charge is -2.05. The van der Waals surface area contributed by atoms with Crippen LogP contribution in [-0.2, 0) is 16.6 Å². The molecule has 1 aromatic carbocycles. The molecule has 2 aromatic rings. The maximum Gasteiger partial charge on any atom is 0.312 e. The van der Waals surface area contributed by atoms with Crippen LogP contribution in [0.15, 0.2) is 28.5 Å². The molecule has 0 saturated carbocycles. The lowest BCUT2D eigenvalue weighted by Crippen LogP contribution is -2.23. The number of nitro benzene ring substituents is 1. The van der Waals surface area contributed by atoms with Crippen molar-refractivity contribution in [2.24, 2.45) is 0 Å². The standard InChI is InChI=1S/C11H11N3O5S2/c1-7-6-20-11(13-7)5-12-21(18,19)8-2-3-10(15)9(4-8)14(16)17/h2-4,6,12,15H,5H2,1H3. The third-order valence-corrected chi connectivity index (χ3v) is 4.90. The van der Waals surface area contributed by atoms with Crippen molar-refractivity contribution in [3.8, 4) is 5.75 Å². The van der Waals surface area contributed by atoms with Gasteiger partial charge in [0.05, 0.1) is 16.4 Å². The fourth-order valence-corrected chi connectivity index (χ4v) is 3.35. The lowest BCUT2D eigenvalue weighted by atomic mass is 10.3. The van der Waals surface area contributed by atoms with Gasteiger partial charge in [0.25, 0.3) is 0 Å². The number of hydrogen-bond donors (Lipinski definition) is 2. The van der Waals surface area contributed by atoms with E-state index in [0.717, 1.165) is 23.9 Å². The maximum absolute atomic E-state index is 12.1. The second kappa shape index (κ2) is 5.76. The zero-order valence-corrected chi connectivity index (χ0v) is 12.4. The van der Waals surface area contributed by atoms with Gasteiger partial charge in [-0.1, -0.05) is 0 Å². The zero-order chi connectivity index (χ0) is 15.6. The van der Waals surface area contributed by atoms with E-state index in [0.29, 0.717) is 5.01 Å². The first-order chi connectivity index (χ1) is 9.79. The summed E-state index contributed by atoms with van der Waals surface area (Å²) in [5.74, 6) is -0.588. The third kappa shape index (κ3) is 3.54. The Morgan fingerprint density at radius 1 is 1.48 bits per heavy atom. The van der Waals surface area contributed by atoms with Crippen molar-refractivity contribution in [1.29, 1.82) is 0 Å². The number of nitrogens with zero attached hydrogens (tertiary/aromatic N) is 2. The molecule has 0 unspecified atom stereocenters. The number of rotatable bonds is 5. The number of nitro groups is 1. The Morgan fingerprint density at radius 3 is 2.76 bits per heavy atom. The number of aryl methyl sites for hydroxylation is 1. The number of phenols is 1. The van der Waals surface area contributed by atoms with Gasteiger partial charge in [-0.05, 0) is 19.1 Å². The van der Waals surface area contributed by atoms with Gasteiger partial charge >= 0.3 is 5.69 Å².